The van der Waals surface area contributed by atoms with Gasteiger partial charge in [-0.2, -0.15) is 0 Å². The first-order valence-corrected chi connectivity index (χ1v) is 6.08. The first kappa shape index (κ1) is 14.8. The van der Waals surface area contributed by atoms with Crippen molar-refractivity contribution in [2.24, 2.45) is 0 Å². The van der Waals surface area contributed by atoms with Gasteiger partial charge in [0.25, 0.3) is 0 Å². The lowest BCUT2D eigenvalue weighted by Gasteiger charge is -2.18. The summed E-state index contributed by atoms with van der Waals surface area (Å²) in [4.78, 5) is 0. The summed E-state index contributed by atoms with van der Waals surface area (Å²) in [5.41, 5.74) is 0.229. The number of hydrogen-bond acceptors (Lipinski definition) is 1. The molecule has 0 spiro atoms. The third kappa shape index (κ3) is 2.78. The lowest BCUT2D eigenvalue weighted by Crippen LogP contribution is -2.19. The molecule has 6 heteroatoms. The van der Waals surface area contributed by atoms with Crippen LogP contribution < -0.4 is 5.32 Å². The highest BCUT2D eigenvalue weighted by atomic mass is 35.5. The van der Waals surface area contributed by atoms with Gasteiger partial charge in [-0.3, -0.25) is 0 Å². The minimum absolute atomic E-state index is 0.0413. The molecule has 0 aliphatic heterocycles. The van der Waals surface area contributed by atoms with Gasteiger partial charge in [-0.25, -0.2) is 17.6 Å². The van der Waals surface area contributed by atoms with Crippen molar-refractivity contribution in [2.45, 2.75) is 6.04 Å². The molecular formula is C14H10ClF4N. The molecule has 2 aromatic carbocycles. The van der Waals surface area contributed by atoms with Gasteiger partial charge in [0, 0.05) is 5.56 Å². The fourth-order valence-corrected chi connectivity index (χ4v) is 2.10. The van der Waals surface area contributed by atoms with Gasteiger partial charge in [0.2, 0.25) is 0 Å². The molecule has 0 bridgehead atoms. The van der Waals surface area contributed by atoms with Crippen LogP contribution in [0.4, 0.5) is 17.6 Å². The summed E-state index contributed by atoms with van der Waals surface area (Å²) in [6.07, 6.45) is 0. The normalized spacial score (nSPS) is 12.5. The topological polar surface area (TPSA) is 12.0 Å². The Bertz CT molecular complexity index is 645. The van der Waals surface area contributed by atoms with Gasteiger partial charge in [-0.1, -0.05) is 17.7 Å². The molecule has 2 aromatic rings. The van der Waals surface area contributed by atoms with Gasteiger partial charge in [-0.15, -0.1) is 0 Å². The fourth-order valence-electron chi connectivity index (χ4n) is 1.95. The van der Waals surface area contributed by atoms with Crippen molar-refractivity contribution in [3.63, 3.8) is 0 Å². The predicted octanol–water partition coefficient (Wildman–Crippen LogP) is 4.21. The van der Waals surface area contributed by atoms with E-state index in [1.54, 1.807) is 0 Å². The molecular weight excluding hydrogens is 294 g/mol. The molecule has 20 heavy (non-hydrogen) atoms. The second kappa shape index (κ2) is 5.81. The first-order valence-electron chi connectivity index (χ1n) is 5.70. The van der Waals surface area contributed by atoms with Crippen LogP contribution in [0.5, 0.6) is 0 Å². The Morgan fingerprint density at radius 1 is 0.900 bits per heavy atom. The molecule has 0 radical (unpaired) electrons. The van der Waals surface area contributed by atoms with Gasteiger partial charge in [0.15, 0.2) is 11.6 Å². The lowest BCUT2D eigenvalue weighted by atomic mass is 9.98. The minimum Gasteiger partial charge on any atom is -0.309 e. The van der Waals surface area contributed by atoms with E-state index in [-0.39, 0.29) is 16.1 Å². The highest BCUT2D eigenvalue weighted by Crippen LogP contribution is 2.28. The van der Waals surface area contributed by atoms with E-state index in [0.717, 1.165) is 24.3 Å². The maximum Gasteiger partial charge on any atom is 0.159 e. The number of rotatable bonds is 3. The van der Waals surface area contributed by atoms with Crippen LogP contribution in [-0.2, 0) is 0 Å². The number of hydrogen-bond donors (Lipinski definition) is 1. The predicted molar refractivity (Wildman–Crippen MR) is 68.6 cm³/mol. The summed E-state index contributed by atoms with van der Waals surface area (Å²) in [5, 5.41) is 2.39. The zero-order valence-corrected chi connectivity index (χ0v) is 11.1. The van der Waals surface area contributed by atoms with Crippen molar-refractivity contribution in [2.75, 3.05) is 7.05 Å². The van der Waals surface area contributed by atoms with Crippen molar-refractivity contribution < 1.29 is 17.6 Å². The third-order valence-corrected chi connectivity index (χ3v) is 3.21. The molecule has 2 rings (SSSR count). The SMILES string of the molecule is CNC(c1ccc(F)c(F)c1)c1cc(F)c(Cl)cc1F. The van der Waals surface area contributed by atoms with Gasteiger partial charge in [0.1, 0.15) is 11.6 Å². The maximum atomic E-state index is 13.9. The maximum absolute atomic E-state index is 13.9. The molecule has 0 amide bonds. The van der Waals surface area contributed by atoms with Crippen LogP contribution in [0.25, 0.3) is 0 Å². The second-order valence-electron chi connectivity index (χ2n) is 4.18. The highest BCUT2D eigenvalue weighted by molar-refractivity contribution is 6.30. The van der Waals surface area contributed by atoms with E-state index >= 15 is 0 Å². The standard InChI is InChI=1S/C14H10ClF4N/c1-20-14(7-2-3-10(16)13(19)4-7)8-5-12(18)9(15)6-11(8)17/h2-6,14,20H,1H3. The van der Waals surface area contributed by atoms with Gasteiger partial charge < -0.3 is 5.32 Å². The molecule has 0 fully saturated rings. The number of halogens is 5. The van der Waals surface area contributed by atoms with E-state index in [4.69, 9.17) is 11.6 Å². The van der Waals surface area contributed by atoms with E-state index < -0.39 is 29.3 Å². The van der Waals surface area contributed by atoms with Crippen molar-refractivity contribution in [3.8, 4) is 0 Å². The average Bonchev–Trinajstić information content (AvgIpc) is 2.40. The smallest absolute Gasteiger partial charge is 0.159 e. The molecule has 1 N–H and O–H groups in total. The molecule has 1 unspecified atom stereocenters. The summed E-state index contributed by atoms with van der Waals surface area (Å²) < 4.78 is 53.5. The Balaban J connectivity index is 2.52. The summed E-state index contributed by atoms with van der Waals surface area (Å²) >= 11 is 5.48. The van der Waals surface area contributed by atoms with Crippen LogP contribution in [0, 0.1) is 23.3 Å². The zero-order valence-electron chi connectivity index (χ0n) is 10.4. The largest absolute Gasteiger partial charge is 0.309 e. The lowest BCUT2D eigenvalue weighted by molar-refractivity contribution is 0.503. The van der Waals surface area contributed by atoms with Crippen molar-refractivity contribution in [1.82, 2.24) is 5.32 Å². The molecule has 0 heterocycles. The average molecular weight is 304 g/mol. The molecule has 0 aliphatic rings. The Morgan fingerprint density at radius 3 is 2.20 bits per heavy atom. The van der Waals surface area contributed by atoms with Crippen LogP contribution in [-0.4, -0.2) is 7.05 Å². The Labute approximate surface area is 118 Å². The Morgan fingerprint density at radius 2 is 1.60 bits per heavy atom. The van der Waals surface area contributed by atoms with Crippen LogP contribution in [0.2, 0.25) is 5.02 Å². The summed E-state index contributed by atoms with van der Waals surface area (Å²) in [7, 11) is 1.50. The molecule has 0 aliphatic carbocycles. The van der Waals surface area contributed by atoms with Crippen molar-refractivity contribution >= 4 is 11.6 Å². The summed E-state index contributed by atoms with van der Waals surface area (Å²) in [5.74, 6) is -3.59. The molecule has 1 nitrogen and oxygen atoms in total. The summed E-state index contributed by atoms with van der Waals surface area (Å²) in [6, 6.07) is 4.11. The molecule has 1 atom stereocenters. The molecule has 106 valence electrons. The van der Waals surface area contributed by atoms with Crippen LogP contribution in [0.15, 0.2) is 30.3 Å². The van der Waals surface area contributed by atoms with E-state index in [1.807, 2.05) is 0 Å². The number of nitrogens with one attached hydrogen (secondary N) is 1. The summed E-state index contributed by atoms with van der Waals surface area (Å²) in [6.45, 7) is 0. The fraction of sp³-hybridized carbons (Fsp3) is 0.143. The molecule has 0 saturated heterocycles. The van der Waals surface area contributed by atoms with E-state index in [0.29, 0.717) is 0 Å². The van der Waals surface area contributed by atoms with E-state index in [9.17, 15) is 17.6 Å². The third-order valence-electron chi connectivity index (χ3n) is 2.92. The van der Waals surface area contributed by atoms with Gasteiger partial charge >= 0.3 is 0 Å². The van der Waals surface area contributed by atoms with Crippen molar-refractivity contribution in [3.05, 3.63) is 69.8 Å². The minimum atomic E-state index is -1.06. The van der Waals surface area contributed by atoms with Crippen LogP contribution in [0.1, 0.15) is 17.2 Å². The molecule has 0 saturated carbocycles. The quantitative estimate of drug-likeness (QED) is 0.662. The zero-order chi connectivity index (χ0) is 14.9. The first-order chi connectivity index (χ1) is 9.43. The second-order valence-corrected chi connectivity index (χ2v) is 4.59. The van der Waals surface area contributed by atoms with Crippen LogP contribution >= 0.6 is 11.6 Å². The highest BCUT2D eigenvalue weighted by Gasteiger charge is 2.20. The Hall–Kier alpha value is -1.59. The van der Waals surface area contributed by atoms with Gasteiger partial charge in [-0.05, 0) is 36.9 Å². The van der Waals surface area contributed by atoms with Gasteiger partial charge in [0.05, 0.1) is 11.1 Å². The van der Waals surface area contributed by atoms with E-state index in [1.165, 1.54) is 13.1 Å². The monoisotopic (exact) mass is 303 g/mol. The Kier molecular flexibility index (Phi) is 4.30. The number of benzene rings is 2. The van der Waals surface area contributed by atoms with E-state index in [2.05, 4.69) is 5.32 Å². The van der Waals surface area contributed by atoms with Crippen LogP contribution in [0.3, 0.4) is 0 Å². The molecule has 0 aromatic heterocycles. The van der Waals surface area contributed by atoms with Crippen molar-refractivity contribution in [1.29, 1.82) is 0 Å².